The first kappa shape index (κ1) is 14.9. The highest BCUT2D eigenvalue weighted by Gasteiger charge is 2.11. The van der Waals surface area contributed by atoms with Gasteiger partial charge < -0.3 is 20.1 Å². The molecule has 5 nitrogen and oxygen atoms in total. The van der Waals surface area contributed by atoms with E-state index in [1.807, 2.05) is 30.3 Å². The lowest BCUT2D eigenvalue weighted by molar-refractivity contribution is 0.0552. The third kappa shape index (κ3) is 5.97. The molecule has 0 fully saturated rings. The number of aliphatic hydroxyl groups is 3. The highest BCUT2D eigenvalue weighted by Crippen LogP contribution is 2.08. The first-order valence-electron chi connectivity index (χ1n) is 6.06. The van der Waals surface area contributed by atoms with Gasteiger partial charge in [0.2, 0.25) is 0 Å². The largest absolute Gasteiger partial charge is 0.491 e. The van der Waals surface area contributed by atoms with Crippen molar-refractivity contribution in [2.45, 2.75) is 6.10 Å². The number of ether oxygens (including phenoxy) is 1. The van der Waals surface area contributed by atoms with Crippen LogP contribution >= 0.6 is 0 Å². The second-order valence-electron chi connectivity index (χ2n) is 4.03. The predicted octanol–water partition coefficient (Wildman–Crippen LogP) is -0.287. The van der Waals surface area contributed by atoms with Crippen molar-refractivity contribution in [1.29, 1.82) is 0 Å². The van der Waals surface area contributed by atoms with Crippen molar-refractivity contribution in [3.05, 3.63) is 30.3 Å². The second-order valence-corrected chi connectivity index (χ2v) is 4.03. The fraction of sp³-hybridized carbons (Fsp3) is 0.538. The maximum atomic E-state index is 9.80. The zero-order valence-corrected chi connectivity index (χ0v) is 10.4. The van der Waals surface area contributed by atoms with Crippen molar-refractivity contribution >= 4 is 0 Å². The Morgan fingerprint density at radius 3 is 2.22 bits per heavy atom. The molecule has 18 heavy (non-hydrogen) atoms. The van der Waals surface area contributed by atoms with Crippen LogP contribution in [-0.4, -0.2) is 65.8 Å². The van der Waals surface area contributed by atoms with Gasteiger partial charge in [-0.3, -0.25) is 4.90 Å². The van der Waals surface area contributed by atoms with Crippen LogP contribution in [0.5, 0.6) is 5.75 Å². The maximum absolute atomic E-state index is 9.80. The molecule has 0 aromatic heterocycles. The summed E-state index contributed by atoms with van der Waals surface area (Å²) in [5, 5.41) is 27.5. The molecule has 0 heterocycles. The van der Waals surface area contributed by atoms with Crippen LogP contribution in [0, 0.1) is 0 Å². The summed E-state index contributed by atoms with van der Waals surface area (Å²) in [6.07, 6.45) is -0.650. The minimum Gasteiger partial charge on any atom is -0.491 e. The van der Waals surface area contributed by atoms with Crippen molar-refractivity contribution < 1.29 is 20.1 Å². The third-order valence-electron chi connectivity index (χ3n) is 2.49. The van der Waals surface area contributed by atoms with Gasteiger partial charge in [-0.25, -0.2) is 0 Å². The average molecular weight is 255 g/mol. The zero-order valence-electron chi connectivity index (χ0n) is 10.4. The van der Waals surface area contributed by atoms with Crippen LogP contribution < -0.4 is 4.74 Å². The van der Waals surface area contributed by atoms with Crippen molar-refractivity contribution in [2.24, 2.45) is 0 Å². The summed E-state index contributed by atoms with van der Waals surface area (Å²) >= 11 is 0. The van der Waals surface area contributed by atoms with Gasteiger partial charge in [0.15, 0.2) is 0 Å². The van der Waals surface area contributed by atoms with Gasteiger partial charge in [0, 0.05) is 19.6 Å². The first-order valence-corrected chi connectivity index (χ1v) is 6.06. The van der Waals surface area contributed by atoms with Gasteiger partial charge >= 0.3 is 0 Å². The maximum Gasteiger partial charge on any atom is 0.119 e. The van der Waals surface area contributed by atoms with E-state index in [1.54, 1.807) is 4.90 Å². The van der Waals surface area contributed by atoms with Gasteiger partial charge in [-0.2, -0.15) is 0 Å². The lowest BCUT2D eigenvalue weighted by Crippen LogP contribution is -2.38. The monoisotopic (exact) mass is 255 g/mol. The van der Waals surface area contributed by atoms with Crippen LogP contribution in [0.3, 0.4) is 0 Å². The Morgan fingerprint density at radius 2 is 1.67 bits per heavy atom. The standard InChI is InChI=1S/C13H21NO4/c15-8-6-14(7-9-16)10-12(17)11-18-13-4-2-1-3-5-13/h1-5,12,15-17H,6-11H2/t12-/m1/s1. The number of hydrogen-bond acceptors (Lipinski definition) is 5. The lowest BCUT2D eigenvalue weighted by Gasteiger charge is -2.23. The molecule has 1 aromatic rings. The zero-order chi connectivity index (χ0) is 13.2. The van der Waals surface area contributed by atoms with E-state index in [4.69, 9.17) is 14.9 Å². The van der Waals surface area contributed by atoms with Crippen LogP contribution in [0.4, 0.5) is 0 Å². The summed E-state index contributed by atoms with van der Waals surface area (Å²) < 4.78 is 5.42. The molecule has 0 spiro atoms. The number of hydrogen-bond donors (Lipinski definition) is 3. The average Bonchev–Trinajstić information content (AvgIpc) is 2.38. The molecule has 0 aliphatic heterocycles. The van der Waals surface area contributed by atoms with Crippen molar-refractivity contribution in [3.63, 3.8) is 0 Å². The number of benzene rings is 1. The summed E-state index contributed by atoms with van der Waals surface area (Å²) in [7, 11) is 0. The van der Waals surface area contributed by atoms with Crippen molar-refractivity contribution in [2.75, 3.05) is 39.5 Å². The van der Waals surface area contributed by atoms with Crippen LogP contribution in [0.25, 0.3) is 0 Å². The molecular formula is C13H21NO4. The van der Waals surface area contributed by atoms with E-state index in [9.17, 15) is 5.11 Å². The van der Waals surface area contributed by atoms with Crippen molar-refractivity contribution in [1.82, 2.24) is 4.90 Å². The van der Waals surface area contributed by atoms with E-state index in [2.05, 4.69) is 0 Å². The molecule has 0 bridgehead atoms. The molecule has 3 N–H and O–H groups in total. The summed E-state index contributed by atoms with van der Waals surface area (Å²) in [6.45, 7) is 1.44. The first-order chi connectivity index (χ1) is 8.76. The van der Waals surface area contributed by atoms with Gasteiger partial charge in [-0.15, -0.1) is 0 Å². The summed E-state index contributed by atoms with van der Waals surface area (Å²) in [6, 6.07) is 9.28. The number of para-hydroxylation sites is 1. The van der Waals surface area contributed by atoms with Crippen molar-refractivity contribution in [3.8, 4) is 5.75 Å². The Bertz CT molecular complexity index is 301. The molecule has 0 unspecified atom stereocenters. The quantitative estimate of drug-likeness (QED) is 0.565. The topological polar surface area (TPSA) is 73.2 Å². The van der Waals surface area contributed by atoms with E-state index in [1.165, 1.54) is 0 Å². The molecule has 1 rings (SSSR count). The summed E-state index contributed by atoms with van der Waals surface area (Å²) in [5.41, 5.74) is 0. The SMILES string of the molecule is OCCN(CCO)C[C@@H](O)COc1ccccc1. The molecule has 1 aromatic carbocycles. The minimum absolute atomic E-state index is 0.00621. The van der Waals surface area contributed by atoms with Crippen LogP contribution in [0.1, 0.15) is 0 Å². The van der Waals surface area contributed by atoms with Crippen LogP contribution in [0.2, 0.25) is 0 Å². The van der Waals surface area contributed by atoms with E-state index < -0.39 is 6.10 Å². The van der Waals surface area contributed by atoms with Crippen LogP contribution in [0.15, 0.2) is 30.3 Å². The second kappa shape index (κ2) is 8.88. The molecular weight excluding hydrogens is 234 g/mol. The Kier molecular flexibility index (Phi) is 7.36. The molecule has 0 radical (unpaired) electrons. The molecule has 1 atom stereocenters. The summed E-state index contributed by atoms with van der Waals surface area (Å²) in [5.74, 6) is 0.715. The van der Waals surface area contributed by atoms with Gasteiger partial charge in [-0.05, 0) is 12.1 Å². The molecule has 0 saturated heterocycles. The van der Waals surface area contributed by atoms with Gasteiger partial charge in [0.1, 0.15) is 18.5 Å². The van der Waals surface area contributed by atoms with E-state index in [-0.39, 0.29) is 19.8 Å². The number of aliphatic hydroxyl groups excluding tert-OH is 3. The lowest BCUT2D eigenvalue weighted by atomic mass is 10.3. The number of nitrogens with zero attached hydrogens (tertiary/aromatic N) is 1. The molecule has 5 heteroatoms. The molecule has 0 aliphatic rings. The Morgan fingerprint density at radius 1 is 1.06 bits per heavy atom. The highest BCUT2D eigenvalue weighted by molar-refractivity contribution is 5.20. The van der Waals surface area contributed by atoms with Crippen LogP contribution in [-0.2, 0) is 0 Å². The fourth-order valence-corrected chi connectivity index (χ4v) is 1.64. The molecule has 0 amide bonds. The summed E-state index contributed by atoms with van der Waals surface area (Å²) in [4.78, 5) is 1.79. The van der Waals surface area contributed by atoms with E-state index >= 15 is 0 Å². The Labute approximate surface area is 107 Å². The number of rotatable bonds is 9. The minimum atomic E-state index is -0.650. The van der Waals surface area contributed by atoms with Gasteiger partial charge in [0.05, 0.1) is 13.2 Å². The Balaban J connectivity index is 2.29. The highest BCUT2D eigenvalue weighted by atomic mass is 16.5. The smallest absolute Gasteiger partial charge is 0.119 e. The molecule has 0 saturated carbocycles. The Hall–Kier alpha value is -1.14. The fourth-order valence-electron chi connectivity index (χ4n) is 1.64. The molecule has 0 aliphatic carbocycles. The van der Waals surface area contributed by atoms with Gasteiger partial charge in [0.25, 0.3) is 0 Å². The van der Waals surface area contributed by atoms with E-state index in [0.29, 0.717) is 25.4 Å². The third-order valence-corrected chi connectivity index (χ3v) is 2.49. The van der Waals surface area contributed by atoms with Gasteiger partial charge in [-0.1, -0.05) is 18.2 Å². The normalized spacial score (nSPS) is 12.7. The molecule has 102 valence electrons. The predicted molar refractivity (Wildman–Crippen MR) is 68.6 cm³/mol. The van der Waals surface area contributed by atoms with E-state index in [0.717, 1.165) is 0 Å².